The summed E-state index contributed by atoms with van der Waals surface area (Å²) >= 11 is 0. The number of hydrogen-bond donors (Lipinski definition) is 4. The van der Waals surface area contributed by atoms with Gasteiger partial charge in [-0.15, -0.1) is 0 Å². The normalized spacial score (nSPS) is 12.4. The summed E-state index contributed by atoms with van der Waals surface area (Å²) in [7, 11) is -8.14. The van der Waals surface area contributed by atoms with E-state index in [9.17, 15) is 26.7 Å². The topological polar surface area (TPSA) is 184 Å². The molecule has 0 aromatic heterocycles. The number of rotatable bonds is 11. The molecule has 0 unspecified atom stereocenters. The second kappa shape index (κ2) is 13.3. The number of fused-ring (bicyclic) bond motifs is 2. The Morgan fingerprint density at radius 2 is 1.57 bits per heavy atom. The Hall–Kier alpha value is -2.78. The summed E-state index contributed by atoms with van der Waals surface area (Å²) in [5.41, 5.74) is 2.94. The third-order valence-corrected chi connectivity index (χ3v) is 7.50. The van der Waals surface area contributed by atoms with Crippen molar-refractivity contribution in [3.8, 4) is 22.5 Å². The van der Waals surface area contributed by atoms with Gasteiger partial charge in [0.15, 0.2) is 0 Å². The molecule has 11 nitrogen and oxygen atoms in total. The molecule has 4 rings (SSSR count). The molecule has 0 bridgehead atoms. The minimum absolute atomic E-state index is 0. The Morgan fingerprint density at radius 1 is 0.875 bits per heavy atom. The molecular weight excluding hydrogens is 571 g/mol. The minimum atomic E-state index is -4.08. The summed E-state index contributed by atoms with van der Waals surface area (Å²) in [6.07, 6.45) is 0.320. The minimum Gasteiger partial charge on any atom is -0.478 e. The Bertz CT molecular complexity index is 1790. The molecule has 0 radical (unpaired) electrons. The average Bonchev–Trinajstić information content (AvgIpc) is 2.86. The van der Waals surface area contributed by atoms with Crippen molar-refractivity contribution in [3.05, 3.63) is 71.6 Å². The third-order valence-electron chi connectivity index (χ3n) is 5.90. The Balaban J connectivity index is 0.00000441. The van der Waals surface area contributed by atoms with Gasteiger partial charge in [-0.2, -0.15) is 16.8 Å². The number of carboxylic acid groups (broad SMARTS) is 1. The van der Waals surface area contributed by atoms with Crippen LogP contribution in [0.1, 0.15) is 23.2 Å². The Labute approximate surface area is 253 Å². The van der Waals surface area contributed by atoms with Crippen molar-refractivity contribution in [1.29, 1.82) is 0 Å². The summed E-state index contributed by atoms with van der Waals surface area (Å²) in [5.74, 6) is -1.46. The van der Waals surface area contributed by atoms with Gasteiger partial charge >= 0.3 is 35.5 Å². The predicted molar refractivity (Wildman–Crippen MR) is 146 cm³/mol. The predicted octanol–water partition coefficient (Wildman–Crippen LogP) is 0.775. The van der Waals surface area contributed by atoms with E-state index < -0.39 is 32.0 Å². The monoisotopic (exact) mass is 597 g/mol. The fourth-order valence-corrected chi connectivity index (χ4v) is 5.21. The molecule has 14 heteroatoms. The van der Waals surface area contributed by atoms with E-state index >= 15 is 0 Å². The number of carboxylic acids is 1. The molecule has 0 saturated carbocycles. The van der Waals surface area contributed by atoms with Crippen LogP contribution in [0.4, 0.5) is 5.69 Å². The molecular formula is C26H26N2NaO9S2+. The number of nitrogens with one attached hydrogen (secondary N) is 1. The molecule has 0 spiro atoms. The molecule has 0 atom stereocenters. The van der Waals surface area contributed by atoms with Crippen molar-refractivity contribution in [2.75, 3.05) is 29.9 Å². The van der Waals surface area contributed by atoms with Gasteiger partial charge < -0.3 is 14.8 Å². The maximum absolute atomic E-state index is 12.0. The van der Waals surface area contributed by atoms with E-state index in [1.54, 1.807) is 54.6 Å². The zero-order valence-corrected chi connectivity index (χ0v) is 25.2. The van der Waals surface area contributed by atoms with Gasteiger partial charge in [0.25, 0.3) is 20.2 Å². The number of anilines is 1. The quantitative estimate of drug-likeness (QED) is 0.0834. The zero-order valence-electron chi connectivity index (χ0n) is 21.6. The van der Waals surface area contributed by atoms with E-state index in [2.05, 4.69) is 10.3 Å². The maximum atomic E-state index is 12.0. The first-order chi connectivity index (χ1) is 18.4. The molecule has 4 N–H and O–H groups in total. The van der Waals surface area contributed by atoms with Gasteiger partial charge in [-0.3, -0.25) is 14.1 Å². The van der Waals surface area contributed by atoms with E-state index in [-0.39, 0.29) is 66.8 Å². The molecule has 0 amide bonds. The van der Waals surface area contributed by atoms with Crippen LogP contribution in [-0.4, -0.2) is 61.6 Å². The summed E-state index contributed by atoms with van der Waals surface area (Å²) in [6.45, 7) is 0.436. The Morgan fingerprint density at radius 3 is 2.27 bits per heavy atom. The van der Waals surface area contributed by atoms with Crippen LogP contribution in [0.15, 0.2) is 70.1 Å². The van der Waals surface area contributed by atoms with E-state index in [1.807, 2.05) is 0 Å². The molecule has 2 aromatic carbocycles. The summed E-state index contributed by atoms with van der Waals surface area (Å²) in [6, 6.07) is 17.0. The fraction of sp³-hybridized carbons (Fsp3) is 0.231. The molecule has 0 fully saturated rings. The van der Waals surface area contributed by atoms with E-state index in [4.69, 9.17) is 13.5 Å². The number of nitrogens with zero attached hydrogens (tertiary/aromatic N) is 1. The number of benzene rings is 3. The van der Waals surface area contributed by atoms with Crippen LogP contribution in [0.3, 0.4) is 0 Å². The van der Waals surface area contributed by atoms with Crippen molar-refractivity contribution in [3.63, 3.8) is 0 Å². The van der Waals surface area contributed by atoms with Gasteiger partial charge in [0.2, 0.25) is 0 Å². The van der Waals surface area contributed by atoms with Gasteiger partial charge in [0.05, 0.1) is 22.4 Å². The van der Waals surface area contributed by atoms with Crippen LogP contribution < -0.4 is 40.2 Å². The van der Waals surface area contributed by atoms with Crippen LogP contribution in [0.2, 0.25) is 0 Å². The molecule has 1 aliphatic heterocycles. The van der Waals surface area contributed by atoms with Gasteiger partial charge in [-0.1, -0.05) is 18.2 Å². The standard InChI is InChI=1S/C26H26N2O9S2.Na/c29-26(30)20-6-2-1-5-19(20)25-21-9-7-17(27-11-3-13-38(31,32)33)15-23(21)37-24-16-18(8-10-22(24)25)28-12-4-14-39(34,35)36;/h1-2,5-10,15-16,27H,3-4,11-14H2,(H,29,30)(H,31,32,33)(H,34,35,36);/q;+1. The van der Waals surface area contributed by atoms with E-state index in [1.165, 1.54) is 6.07 Å². The van der Waals surface area contributed by atoms with Crippen LogP contribution in [0.5, 0.6) is 0 Å². The van der Waals surface area contributed by atoms with Crippen molar-refractivity contribution in [1.82, 2.24) is 0 Å². The van der Waals surface area contributed by atoms with Crippen molar-refractivity contribution in [2.24, 2.45) is 4.99 Å². The van der Waals surface area contributed by atoms with Crippen LogP contribution in [-0.2, 0) is 20.2 Å². The number of hydrogen-bond acceptors (Lipinski definition) is 8. The smallest absolute Gasteiger partial charge is 0.478 e. The molecule has 2 aliphatic rings. The Kier molecular flexibility index (Phi) is 10.5. The summed E-state index contributed by atoms with van der Waals surface area (Å²) < 4.78 is 67.9. The van der Waals surface area contributed by atoms with Crippen LogP contribution in [0.25, 0.3) is 33.4 Å². The van der Waals surface area contributed by atoms with E-state index in [0.717, 1.165) is 0 Å². The fourth-order valence-electron chi connectivity index (χ4n) is 4.21. The second-order valence-electron chi connectivity index (χ2n) is 8.81. The molecule has 0 saturated heterocycles. The summed E-state index contributed by atoms with van der Waals surface area (Å²) in [5, 5.41) is 14.1. The van der Waals surface area contributed by atoms with Crippen LogP contribution >= 0.6 is 0 Å². The van der Waals surface area contributed by atoms with Gasteiger partial charge in [0, 0.05) is 47.4 Å². The third kappa shape index (κ3) is 8.36. The summed E-state index contributed by atoms with van der Waals surface area (Å²) in [4.78, 5) is 16.4. The SMILES string of the molecule is O=C(O)c1ccccc1-c1c2ccc(=NCCCS(=O)(=O)O)cc-2oc2cc(NCCCS(=O)(=O)O)ccc12.[Na+]. The van der Waals surface area contributed by atoms with Crippen molar-refractivity contribution in [2.45, 2.75) is 12.8 Å². The molecule has 2 aromatic rings. The molecule has 206 valence electrons. The largest absolute Gasteiger partial charge is 1.00 e. The number of carbonyl (C=O) groups is 1. The first-order valence-corrected chi connectivity index (χ1v) is 15.1. The first kappa shape index (κ1) is 31.7. The van der Waals surface area contributed by atoms with Crippen molar-refractivity contribution < 1.29 is 69.8 Å². The molecule has 1 heterocycles. The average molecular weight is 598 g/mol. The van der Waals surface area contributed by atoms with Gasteiger partial charge in [0.1, 0.15) is 11.3 Å². The maximum Gasteiger partial charge on any atom is 1.00 e. The van der Waals surface area contributed by atoms with Gasteiger partial charge in [-0.05, 0) is 48.7 Å². The second-order valence-corrected chi connectivity index (χ2v) is 12.0. The first-order valence-electron chi connectivity index (χ1n) is 11.9. The van der Waals surface area contributed by atoms with Crippen LogP contribution in [0, 0.1) is 0 Å². The van der Waals surface area contributed by atoms with E-state index in [0.29, 0.717) is 44.5 Å². The zero-order chi connectivity index (χ0) is 28.2. The molecule has 1 aliphatic carbocycles. The van der Waals surface area contributed by atoms with Gasteiger partial charge in [-0.25, -0.2) is 4.79 Å². The van der Waals surface area contributed by atoms with Crippen molar-refractivity contribution >= 4 is 42.9 Å². The molecule has 40 heavy (non-hydrogen) atoms. The number of aromatic carboxylic acids is 1.